The Morgan fingerprint density at radius 3 is 3.00 bits per heavy atom. The summed E-state index contributed by atoms with van der Waals surface area (Å²) >= 11 is 0. The van der Waals surface area contributed by atoms with Gasteiger partial charge in [0.1, 0.15) is 5.75 Å². The lowest BCUT2D eigenvalue weighted by Crippen LogP contribution is -2.25. The van der Waals surface area contributed by atoms with Crippen LogP contribution < -0.4 is 21.1 Å². The maximum absolute atomic E-state index is 11.7. The molecule has 0 radical (unpaired) electrons. The third kappa shape index (κ3) is 4.40. The smallest absolute Gasteiger partial charge is 0.262 e. The van der Waals surface area contributed by atoms with Crippen molar-refractivity contribution in [2.75, 3.05) is 17.2 Å². The summed E-state index contributed by atoms with van der Waals surface area (Å²) in [5, 5.41) is 5.46. The molecule has 0 bridgehead atoms. The van der Waals surface area contributed by atoms with Crippen LogP contribution in [-0.4, -0.2) is 24.5 Å². The topological polar surface area (TPSA) is 93.5 Å². The highest BCUT2D eigenvalue weighted by atomic mass is 35.5. The van der Waals surface area contributed by atoms with Gasteiger partial charge in [0.2, 0.25) is 5.91 Å². The average Bonchev–Trinajstić information content (AvgIpc) is 2.36. The summed E-state index contributed by atoms with van der Waals surface area (Å²) in [5.41, 5.74) is 6.86. The van der Waals surface area contributed by atoms with Crippen LogP contribution in [0.15, 0.2) is 18.2 Å². The molecule has 1 aromatic rings. The van der Waals surface area contributed by atoms with Gasteiger partial charge in [0.25, 0.3) is 5.91 Å². The van der Waals surface area contributed by atoms with Crippen molar-refractivity contribution in [2.24, 2.45) is 5.73 Å². The number of halogens is 1. The third-order valence-electron chi connectivity index (χ3n) is 2.72. The van der Waals surface area contributed by atoms with Crippen molar-refractivity contribution < 1.29 is 14.3 Å². The predicted molar refractivity (Wildman–Crippen MR) is 79.3 cm³/mol. The van der Waals surface area contributed by atoms with Crippen LogP contribution in [0.5, 0.6) is 5.75 Å². The number of hydrogen-bond acceptors (Lipinski definition) is 4. The lowest BCUT2D eigenvalue weighted by Gasteiger charge is -2.18. The highest BCUT2D eigenvalue weighted by molar-refractivity contribution is 5.97. The SMILES string of the molecule is CC(N)CCC(=O)Nc1ccc2c(c1)OCC(=O)N2.Cl. The molecular formula is C13H18ClN3O3. The molecule has 110 valence electrons. The number of rotatable bonds is 4. The Morgan fingerprint density at radius 1 is 1.55 bits per heavy atom. The molecule has 0 spiro atoms. The minimum atomic E-state index is -0.179. The molecule has 1 heterocycles. The number of nitrogens with two attached hydrogens (primary N) is 1. The van der Waals surface area contributed by atoms with Gasteiger partial charge in [-0.05, 0) is 25.5 Å². The van der Waals surface area contributed by atoms with Gasteiger partial charge in [-0.3, -0.25) is 9.59 Å². The first kappa shape index (κ1) is 16.3. The molecule has 1 aliphatic rings. The van der Waals surface area contributed by atoms with Gasteiger partial charge in [-0.1, -0.05) is 0 Å². The van der Waals surface area contributed by atoms with Crippen molar-refractivity contribution >= 4 is 35.6 Å². The Kier molecular flexibility index (Phi) is 5.79. The molecule has 0 fully saturated rings. The Bertz CT molecular complexity index is 506. The molecule has 20 heavy (non-hydrogen) atoms. The van der Waals surface area contributed by atoms with Gasteiger partial charge < -0.3 is 21.1 Å². The third-order valence-corrected chi connectivity index (χ3v) is 2.72. The molecule has 2 rings (SSSR count). The number of ether oxygens (including phenoxy) is 1. The van der Waals surface area contributed by atoms with E-state index in [2.05, 4.69) is 10.6 Å². The van der Waals surface area contributed by atoms with Crippen LogP contribution in [0.25, 0.3) is 0 Å². The van der Waals surface area contributed by atoms with Gasteiger partial charge in [-0.2, -0.15) is 0 Å². The average molecular weight is 300 g/mol. The van der Waals surface area contributed by atoms with E-state index in [9.17, 15) is 9.59 Å². The molecule has 1 unspecified atom stereocenters. The quantitative estimate of drug-likeness (QED) is 0.785. The van der Waals surface area contributed by atoms with Gasteiger partial charge in [0.05, 0.1) is 5.69 Å². The van der Waals surface area contributed by atoms with E-state index in [-0.39, 0.29) is 36.9 Å². The van der Waals surface area contributed by atoms with Crippen molar-refractivity contribution in [3.8, 4) is 5.75 Å². The number of carbonyl (C=O) groups excluding carboxylic acids is 2. The minimum absolute atomic E-state index is 0. The molecular weight excluding hydrogens is 282 g/mol. The lowest BCUT2D eigenvalue weighted by molar-refractivity contribution is -0.118. The number of fused-ring (bicyclic) bond motifs is 1. The number of anilines is 2. The van der Waals surface area contributed by atoms with Crippen molar-refractivity contribution in [1.29, 1.82) is 0 Å². The molecule has 0 aliphatic carbocycles. The summed E-state index contributed by atoms with van der Waals surface area (Å²) in [6.45, 7) is 1.86. The number of carbonyl (C=O) groups is 2. The lowest BCUT2D eigenvalue weighted by atomic mass is 10.2. The maximum atomic E-state index is 11.7. The molecule has 0 aromatic heterocycles. The Morgan fingerprint density at radius 2 is 2.30 bits per heavy atom. The normalized spacial score (nSPS) is 14.2. The fourth-order valence-electron chi connectivity index (χ4n) is 1.73. The molecule has 2 amide bonds. The van der Waals surface area contributed by atoms with Crippen LogP contribution in [-0.2, 0) is 9.59 Å². The van der Waals surface area contributed by atoms with Crippen LogP contribution in [0.2, 0.25) is 0 Å². The standard InChI is InChI=1S/C13H17N3O3.ClH/c1-8(14)2-5-12(17)15-9-3-4-10-11(6-9)19-7-13(18)16-10;/h3-4,6,8H,2,5,7,14H2,1H3,(H,15,17)(H,16,18);1H. The summed E-state index contributed by atoms with van der Waals surface area (Å²) < 4.78 is 5.27. The minimum Gasteiger partial charge on any atom is -0.482 e. The molecule has 1 atom stereocenters. The summed E-state index contributed by atoms with van der Waals surface area (Å²) in [6.07, 6.45) is 1.02. The fourth-order valence-corrected chi connectivity index (χ4v) is 1.73. The first-order valence-electron chi connectivity index (χ1n) is 6.17. The fraction of sp³-hybridized carbons (Fsp3) is 0.385. The van der Waals surface area contributed by atoms with E-state index in [1.54, 1.807) is 18.2 Å². The van der Waals surface area contributed by atoms with Gasteiger partial charge >= 0.3 is 0 Å². The zero-order valence-corrected chi connectivity index (χ0v) is 12.0. The number of hydrogen-bond donors (Lipinski definition) is 3. The van der Waals surface area contributed by atoms with Crippen LogP contribution in [0, 0.1) is 0 Å². The monoisotopic (exact) mass is 299 g/mol. The molecule has 7 heteroatoms. The number of amides is 2. The first-order valence-corrected chi connectivity index (χ1v) is 6.17. The largest absolute Gasteiger partial charge is 0.482 e. The van der Waals surface area contributed by atoms with E-state index in [1.165, 1.54) is 0 Å². The molecule has 0 saturated carbocycles. The van der Waals surface area contributed by atoms with Gasteiger partial charge in [-0.25, -0.2) is 0 Å². The van der Waals surface area contributed by atoms with Crippen molar-refractivity contribution in [1.82, 2.24) is 0 Å². The Balaban J connectivity index is 0.00000200. The number of nitrogens with one attached hydrogen (secondary N) is 2. The molecule has 6 nitrogen and oxygen atoms in total. The highest BCUT2D eigenvalue weighted by Gasteiger charge is 2.16. The second kappa shape index (κ2) is 7.12. The van der Waals surface area contributed by atoms with Gasteiger partial charge in [0, 0.05) is 24.2 Å². The molecule has 4 N–H and O–H groups in total. The Hall–Kier alpha value is -1.79. The highest BCUT2D eigenvalue weighted by Crippen LogP contribution is 2.30. The van der Waals surface area contributed by atoms with Crippen LogP contribution in [0.4, 0.5) is 11.4 Å². The molecule has 1 aromatic carbocycles. The van der Waals surface area contributed by atoms with E-state index >= 15 is 0 Å². The van der Waals surface area contributed by atoms with Crippen LogP contribution in [0.3, 0.4) is 0 Å². The maximum Gasteiger partial charge on any atom is 0.262 e. The first-order chi connectivity index (χ1) is 9.04. The van der Waals surface area contributed by atoms with E-state index in [4.69, 9.17) is 10.5 Å². The van der Waals surface area contributed by atoms with Crippen LogP contribution in [0.1, 0.15) is 19.8 Å². The van der Waals surface area contributed by atoms with Crippen LogP contribution >= 0.6 is 12.4 Å². The predicted octanol–water partition coefficient (Wildman–Crippen LogP) is 1.51. The van der Waals surface area contributed by atoms with Crippen molar-refractivity contribution in [3.05, 3.63) is 18.2 Å². The van der Waals surface area contributed by atoms with E-state index < -0.39 is 0 Å². The summed E-state index contributed by atoms with van der Waals surface area (Å²) in [7, 11) is 0. The molecule has 1 aliphatic heterocycles. The Labute approximate surface area is 123 Å². The zero-order chi connectivity index (χ0) is 13.8. The second-order valence-corrected chi connectivity index (χ2v) is 4.61. The zero-order valence-electron chi connectivity index (χ0n) is 11.1. The second-order valence-electron chi connectivity index (χ2n) is 4.61. The van der Waals surface area contributed by atoms with Gasteiger partial charge in [0.15, 0.2) is 6.61 Å². The summed E-state index contributed by atoms with van der Waals surface area (Å²) in [6, 6.07) is 5.12. The van der Waals surface area contributed by atoms with E-state index in [0.717, 1.165) is 0 Å². The van der Waals surface area contributed by atoms with Crippen molar-refractivity contribution in [3.63, 3.8) is 0 Å². The van der Waals surface area contributed by atoms with E-state index in [0.29, 0.717) is 30.0 Å². The summed E-state index contributed by atoms with van der Waals surface area (Å²) in [4.78, 5) is 22.8. The molecule has 0 saturated heterocycles. The number of benzene rings is 1. The van der Waals surface area contributed by atoms with E-state index in [1.807, 2.05) is 6.92 Å². The summed E-state index contributed by atoms with van der Waals surface area (Å²) in [5.74, 6) is 0.294. The van der Waals surface area contributed by atoms with Gasteiger partial charge in [-0.15, -0.1) is 12.4 Å². The van der Waals surface area contributed by atoms with Crippen molar-refractivity contribution in [2.45, 2.75) is 25.8 Å².